The first-order valence-electron chi connectivity index (χ1n) is 11.0. The zero-order valence-electron chi connectivity index (χ0n) is 18.9. The van der Waals surface area contributed by atoms with Gasteiger partial charge in [0.05, 0.1) is 11.1 Å². The van der Waals surface area contributed by atoms with E-state index in [-0.39, 0.29) is 36.6 Å². The van der Waals surface area contributed by atoms with Crippen molar-refractivity contribution in [3.8, 4) is 0 Å². The minimum Gasteiger partial charge on any atom is -0.439 e. The lowest BCUT2D eigenvalue weighted by atomic mass is 9.94. The minimum absolute atomic E-state index is 0.0811. The number of fused-ring (bicyclic) bond motifs is 1. The predicted molar refractivity (Wildman–Crippen MR) is 121 cm³/mol. The predicted octanol–water partition coefficient (Wildman–Crippen LogP) is 3.67. The monoisotopic (exact) mass is 446 g/mol. The molecule has 0 bridgehead atoms. The van der Waals surface area contributed by atoms with Crippen LogP contribution in [0, 0.1) is 5.92 Å². The lowest BCUT2D eigenvalue weighted by Crippen LogP contribution is -2.52. The molecule has 2 aromatic rings. The Bertz CT molecular complexity index is 1110. The average Bonchev–Trinajstić information content (AvgIpc) is 3.22. The summed E-state index contributed by atoms with van der Waals surface area (Å²) in [5.74, 6) is -1.53. The molecule has 0 N–H and O–H groups in total. The Morgan fingerprint density at radius 3 is 2.12 bits per heavy atom. The molecule has 0 radical (unpaired) electrons. The van der Waals surface area contributed by atoms with E-state index in [1.54, 1.807) is 67.6 Å². The third-order valence-electron chi connectivity index (χ3n) is 6.11. The maximum atomic E-state index is 13.3. The van der Waals surface area contributed by atoms with Crippen LogP contribution in [0.4, 0.5) is 0 Å². The largest absolute Gasteiger partial charge is 0.439 e. The number of rotatable bonds is 6. The highest BCUT2D eigenvalue weighted by Crippen LogP contribution is 2.36. The number of benzene rings is 2. The van der Waals surface area contributed by atoms with Crippen LogP contribution in [0.15, 0.2) is 66.7 Å². The van der Waals surface area contributed by atoms with E-state index in [0.717, 1.165) is 0 Å². The molecule has 0 spiro atoms. The van der Waals surface area contributed by atoms with Gasteiger partial charge in [-0.1, -0.05) is 56.3 Å². The smallest absolute Gasteiger partial charge is 0.334 e. The number of nitrogens with zero attached hydrogens (tertiary/aromatic N) is 2. The van der Waals surface area contributed by atoms with Gasteiger partial charge in [-0.3, -0.25) is 24.2 Å². The summed E-state index contributed by atoms with van der Waals surface area (Å²) in [7, 11) is 0. The highest BCUT2D eigenvalue weighted by atomic mass is 16.6. The molecule has 1 unspecified atom stereocenters. The molecule has 7 nitrogen and oxygen atoms in total. The molecule has 0 saturated carbocycles. The van der Waals surface area contributed by atoms with E-state index in [4.69, 9.17) is 4.74 Å². The first-order valence-corrected chi connectivity index (χ1v) is 11.0. The second-order valence-electron chi connectivity index (χ2n) is 8.80. The van der Waals surface area contributed by atoms with Crippen molar-refractivity contribution in [1.29, 1.82) is 0 Å². The molecule has 3 amide bonds. The van der Waals surface area contributed by atoms with Crippen LogP contribution < -0.4 is 0 Å². The SMILES string of the molecule is CC(C)C1OC(=O)[C@@](C)(C/C=C/CN2C(=O)c3ccccc3C2=O)N1C(=O)c1ccccc1. The highest BCUT2D eigenvalue weighted by molar-refractivity contribution is 6.21. The molecule has 1 saturated heterocycles. The van der Waals surface area contributed by atoms with Gasteiger partial charge in [0.15, 0.2) is 6.23 Å². The van der Waals surface area contributed by atoms with E-state index in [2.05, 4.69) is 0 Å². The molecular formula is C26H26N2O5. The zero-order chi connectivity index (χ0) is 23.8. The van der Waals surface area contributed by atoms with Gasteiger partial charge in [0.2, 0.25) is 0 Å². The van der Waals surface area contributed by atoms with Crippen molar-refractivity contribution in [2.45, 2.75) is 39.0 Å². The second kappa shape index (κ2) is 8.65. The molecule has 2 aromatic carbocycles. The second-order valence-corrected chi connectivity index (χ2v) is 8.80. The fourth-order valence-electron chi connectivity index (χ4n) is 4.24. The van der Waals surface area contributed by atoms with Gasteiger partial charge in [0.25, 0.3) is 17.7 Å². The summed E-state index contributed by atoms with van der Waals surface area (Å²) in [5.41, 5.74) is 0.0475. The number of amides is 3. The van der Waals surface area contributed by atoms with Gasteiger partial charge in [0.1, 0.15) is 5.54 Å². The standard InChI is InChI=1S/C26H26N2O5/c1-17(2)24-28(21(29)18-11-5-4-6-12-18)26(3,25(32)33-24)15-9-10-16-27-22(30)19-13-7-8-14-20(19)23(27)31/h4-14,17,24H,15-16H2,1-3H3/b10-9+/t24?,26-/m1/s1. The van der Waals surface area contributed by atoms with Crippen molar-refractivity contribution in [3.05, 3.63) is 83.4 Å². The Hall–Kier alpha value is -3.74. The van der Waals surface area contributed by atoms with Gasteiger partial charge in [0, 0.05) is 18.0 Å². The summed E-state index contributed by atoms with van der Waals surface area (Å²) in [5, 5.41) is 0. The molecule has 170 valence electrons. The molecule has 2 heterocycles. The number of hydrogen-bond acceptors (Lipinski definition) is 5. The van der Waals surface area contributed by atoms with Gasteiger partial charge < -0.3 is 4.74 Å². The molecule has 7 heteroatoms. The van der Waals surface area contributed by atoms with E-state index in [0.29, 0.717) is 16.7 Å². The molecule has 33 heavy (non-hydrogen) atoms. The van der Waals surface area contributed by atoms with Crippen molar-refractivity contribution < 1.29 is 23.9 Å². The van der Waals surface area contributed by atoms with Gasteiger partial charge >= 0.3 is 5.97 Å². The number of ether oxygens (including phenoxy) is 1. The summed E-state index contributed by atoms with van der Waals surface area (Å²) < 4.78 is 5.61. The van der Waals surface area contributed by atoms with Crippen LogP contribution >= 0.6 is 0 Å². The van der Waals surface area contributed by atoms with Crippen molar-refractivity contribution >= 4 is 23.7 Å². The molecule has 1 fully saturated rings. The van der Waals surface area contributed by atoms with Crippen LogP contribution in [0.2, 0.25) is 0 Å². The van der Waals surface area contributed by atoms with E-state index in [1.165, 1.54) is 9.80 Å². The number of cyclic esters (lactones) is 1. The Balaban J connectivity index is 1.52. The number of carbonyl (C=O) groups is 4. The van der Waals surface area contributed by atoms with Crippen LogP contribution in [0.3, 0.4) is 0 Å². The normalized spacial score (nSPS) is 22.4. The van der Waals surface area contributed by atoms with Crippen molar-refractivity contribution in [3.63, 3.8) is 0 Å². The maximum absolute atomic E-state index is 13.3. The number of hydrogen-bond donors (Lipinski definition) is 0. The Labute approximate surface area is 192 Å². The molecule has 2 aliphatic heterocycles. The van der Waals surface area contributed by atoms with E-state index < -0.39 is 17.7 Å². The topological polar surface area (TPSA) is 84.0 Å². The Morgan fingerprint density at radius 2 is 1.55 bits per heavy atom. The van der Waals surface area contributed by atoms with Gasteiger partial charge in [-0.2, -0.15) is 0 Å². The van der Waals surface area contributed by atoms with E-state index in [1.807, 2.05) is 19.9 Å². The molecular weight excluding hydrogens is 420 g/mol. The summed E-state index contributed by atoms with van der Waals surface area (Å²) >= 11 is 0. The van der Waals surface area contributed by atoms with E-state index >= 15 is 0 Å². The van der Waals surface area contributed by atoms with E-state index in [9.17, 15) is 19.2 Å². The molecule has 2 aliphatic rings. The lowest BCUT2D eigenvalue weighted by molar-refractivity contribution is -0.146. The molecule has 0 aliphatic carbocycles. The molecule has 2 atom stereocenters. The third-order valence-corrected chi connectivity index (χ3v) is 6.11. The van der Waals surface area contributed by atoms with Gasteiger partial charge in [-0.15, -0.1) is 0 Å². The summed E-state index contributed by atoms with van der Waals surface area (Å²) in [6, 6.07) is 15.5. The fraction of sp³-hybridized carbons (Fsp3) is 0.308. The summed E-state index contributed by atoms with van der Waals surface area (Å²) in [4.78, 5) is 54.0. The van der Waals surface area contributed by atoms with Gasteiger partial charge in [-0.25, -0.2) is 4.79 Å². The fourth-order valence-corrected chi connectivity index (χ4v) is 4.24. The number of imide groups is 1. The maximum Gasteiger partial charge on any atom is 0.334 e. The molecule has 4 rings (SSSR count). The number of esters is 1. The average molecular weight is 447 g/mol. The van der Waals surface area contributed by atoms with Crippen molar-refractivity contribution in [2.24, 2.45) is 5.92 Å². The first-order chi connectivity index (χ1) is 15.8. The Kier molecular flexibility index (Phi) is 5.89. The van der Waals surface area contributed by atoms with Crippen LogP contribution in [0.1, 0.15) is 58.3 Å². The van der Waals surface area contributed by atoms with Crippen LogP contribution in [-0.4, -0.2) is 51.8 Å². The Morgan fingerprint density at radius 1 is 0.970 bits per heavy atom. The summed E-state index contributed by atoms with van der Waals surface area (Å²) in [6.07, 6.45) is 2.91. The molecule has 0 aromatic heterocycles. The van der Waals surface area contributed by atoms with Crippen LogP contribution in [-0.2, 0) is 9.53 Å². The van der Waals surface area contributed by atoms with Gasteiger partial charge in [-0.05, 0) is 37.6 Å². The minimum atomic E-state index is -1.21. The van der Waals surface area contributed by atoms with Crippen LogP contribution in [0.5, 0.6) is 0 Å². The highest BCUT2D eigenvalue weighted by Gasteiger charge is 2.54. The van der Waals surface area contributed by atoms with Crippen molar-refractivity contribution in [1.82, 2.24) is 9.80 Å². The zero-order valence-corrected chi connectivity index (χ0v) is 18.9. The summed E-state index contributed by atoms with van der Waals surface area (Å²) in [6.45, 7) is 5.56. The van der Waals surface area contributed by atoms with Crippen molar-refractivity contribution in [2.75, 3.05) is 6.54 Å². The van der Waals surface area contributed by atoms with Crippen LogP contribution in [0.25, 0.3) is 0 Å². The quantitative estimate of drug-likeness (QED) is 0.384. The number of carbonyl (C=O) groups excluding carboxylic acids is 4. The lowest BCUT2D eigenvalue weighted by Gasteiger charge is -2.34. The third kappa shape index (κ3) is 3.84. The first kappa shape index (κ1) is 22.5.